The first-order chi connectivity index (χ1) is 15.0. The van der Waals surface area contributed by atoms with Gasteiger partial charge < -0.3 is 10.2 Å². The Labute approximate surface area is 187 Å². The molecule has 0 spiro atoms. The van der Waals surface area contributed by atoms with E-state index in [-0.39, 0.29) is 23.9 Å². The number of carbonyl (C=O) groups excluding carboxylic acids is 2. The number of hydrogen-bond donors (Lipinski definition) is 1. The standard InChI is InChI=1S/C24H30N4O2S/c1-16(2)26-23(29)22-19(18-10-6-7-11-21(18)31-22)15-17-9-5-4-8-14-28(17)24(30)20-12-13-25-27(20)3/h6-7,10-13,16-17H,4-5,8-9,14-15H2,1-3H3,(H,26,29). The van der Waals surface area contributed by atoms with Gasteiger partial charge in [-0.3, -0.25) is 14.3 Å². The van der Waals surface area contributed by atoms with Gasteiger partial charge in [-0.1, -0.05) is 31.0 Å². The number of aryl methyl sites for hydroxylation is 1. The van der Waals surface area contributed by atoms with Crippen molar-refractivity contribution in [1.82, 2.24) is 20.0 Å². The first-order valence-electron chi connectivity index (χ1n) is 11.1. The zero-order valence-corrected chi connectivity index (χ0v) is 19.2. The fraction of sp³-hybridized carbons (Fsp3) is 0.458. The summed E-state index contributed by atoms with van der Waals surface area (Å²) in [5.74, 6) is 0.00366. The molecule has 0 saturated carbocycles. The molecule has 1 atom stereocenters. The second-order valence-electron chi connectivity index (χ2n) is 8.58. The number of carbonyl (C=O) groups is 2. The van der Waals surface area contributed by atoms with Gasteiger partial charge in [0.25, 0.3) is 11.8 Å². The molecule has 1 aromatic carbocycles. The van der Waals surface area contributed by atoms with Gasteiger partial charge in [-0.05, 0) is 56.2 Å². The molecule has 0 aliphatic carbocycles. The molecule has 0 bridgehead atoms. The van der Waals surface area contributed by atoms with Crippen molar-refractivity contribution in [2.24, 2.45) is 7.05 Å². The smallest absolute Gasteiger partial charge is 0.272 e. The van der Waals surface area contributed by atoms with Crippen molar-refractivity contribution in [3.05, 3.63) is 52.7 Å². The normalized spacial score (nSPS) is 17.2. The molecule has 3 aromatic rings. The van der Waals surface area contributed by atoms with E-state index in [4.69, 9.17) is 0 Å². The van der Waals surface area contributed by atoms with Gasteiger partial charge >= 0.3 is 0 Å². The van der Waals surface area contributed by atoms with Gasteiger partial charge in [0.15, 0.2) is 0 Å². The summed E-state index contributed by atoms with van der Waals surface area (Å²) in [4.78, 5) is 29.2. The maximum atomic E-state index is 13.4. The van der Waals surface area contributed by atoms with E-state index in [0.29, 0.717) is 12.1 Å². The molecular weight excluding hydrogens is 408 g/mol. The summed E-state index contributed by atoms with van der Waals surface area (Å²) in [6.45, 7) is 4.69. The van der Waals surface area contributed by atoms with E-state index < -0.39 is 0 Å². The lowest BCUT2D eigenvalue weighted by molar-refractivity contribution is 0.0671. The van der Waals surface area contributed by atoms with Crippen molar-refractivity contribution >= 4 is 33.2 Å². The lowest BCUT2D eigenvalue weighted by Gasteiger charge is -2.30. The highest BCUT2D eigenvalue weighted by Gasteiger charge is 2.30. The van der Waals surface area contributed by atoms with Crippen LogP contribution in [0.5, 0.6) is 0 Å². The van der Waals surface area contributed by atoms with E-state index in [1.807, 2.05) is 30.9 Å². The number of nitrogens with zero attached hydrogens (tertiary/aromatic N) is 3. The molecule has 4 rings (SSSR count). The zero-order chi connectivity index (χ0) is 22.0. The third-order valence-electron chi connectivity index (χ3n) is 5.94. The zero-order valence-electron chi connectivity index (χ0n) is 18.4. The van der Waals surface area contributed by atoms with Gasteiger partial charge in [0.2, 0.25) is 0 Å². The highest BCUT2D eigenvalue weighted by atomic mass is 32.1. The Kier molecular flexibility index (Phi) is 6.41. The van der Waals surface area contributed by atoms with E-state index in [1.54, 1.807) is 35.3 Å². The monoisotopic (exact) mass is 438 g/mol. The Hall–Kier alpha value is -2.67. The van der Waals surface area contributed by atoms with Crippen LogP contribution in [0, 0.1) is 0 Å². The first kappa shape index (κ1) is 21.6. The van der Waals surface area contributed by atoms with Crippen molar-refractivity contribution in [2.75, 3.05) is 6.54 Å². The van der Waals surface area contributed by atoms with Crippen LogP contribution in [0.15, 0.2) is 36.5 Å². The molecule has 7 heteroatoms. The van der Waals surface area contributed by atoms with Crippen LogP contribution in [0.4, 0.5) is 0 Å². The van der Waals surface area contributed by atoms with E-state index >= 15 is 0 Å². The summed E-state index contributed by atoms with van der Waals surface area (Å²) in [6.07, 6.45) is 6.52. The van der Waals surface area contributed by atoms with E-state index in [9.17, 15) is 9.59 Å². The van der Waals surface area contributed by atoms with Crippen LogP contribution in [0.2, 0.25) is 0 Å². The fourth-order valence-electron chi connectivity index (χ4n) is 4.44. The number of benzene rings is 1. The molecule has 1 N–H and O–H groups in total. The SMILES string of the molecule is CC(C)NC(=O)c1sc2ccccc2c1CC1CCCCCN1C(=O)c1ccnn1C. The second-order valence-corrected chi connectivity index (χ2v) is 9.63. The van der Waals surface area contributed by atoms with Gasteiger partial charge in [-0.25, -0.2) is 0 Å². The Balaban J connectivity index is 1.71. The van der Waals surface area contributed by atoms with Crippen LogP contribution in [0.25, 0.3) is 10.1 Å². The number of aromatic nitrogens is 2. The average molecular weight is 439 g/mol. The molecule has 1 aliphatic heterocycles. The minimum atomic E-state index is -0.0238. The Morgan fingerprint density at radius 3 is 2.74 bits per heavy atom. The number of amides is 2. The molecule has 2 aromatic heterocycles. The number of thiophene rings is 1. The van der Waals surface area contributed by atoms with Gasteiger partial charge in [0, 0.05) is 36.6 Å². The third kappa shape index (κ3) is 4.51. The lowest BCUT2D eigenvalue weighted by Crippen LogP contribution is -2.42. The van der Waals surface area contributed by atoms with Crippen LogP contribution < -0.4 is 5.32 Å². The van der Waals surface area contributed by atoms with E-state index in [1.165, 1.54) is 0 Å². The molecule has 0 radical (unpaired) electrons. The van der Waals surface area contributed by atoms with E-state index in [2.05, 4.69) is 22.5 Å². The third-order valence-corrected chi connectivity index (χ3v) is 7.15. The van der Waals surface area contributed by atoms with Crippen LogP contribution in [0.3, 0.4) is 0 Å². The highest BCUT2D eigenvalue weighted by Crippen LogP contribution is 2.34. The van der Waals surface area contributed by atoms with Crippen molar-refractivity contribution in [1.29, 1.82) is 0 Å². The number of likely N-dealkylation sites (tertiary alicyclic amines) is 1. The number of nitrogens with one attached hydrogen (secondary N) is 1. The Bertz CT molecular complexity index is 1080. The van der Waals surface area contributed by atoms with E-state index in [0.717, 1.165) is 52.8 Å². The molecule has 6 nitrogen and oxygen atoms in total. The number of hydrogen-bond acceptors (Lipinski definition) is 4. The van der Waals surface area contributed by atoms with Crippen molar-refractivity contribution < 1.29 is 9.59 Å². The van der Waals surface area contributed by atoms with Crippen LogP contribution in [-0.2, 0) is 13.5 Å². The summed E-state index contributed by atoms with van der Waals surface area (Å²) in [5.41, 5.74) is 1.67. The quantitative estimate of drug-likeness (QED) is 0.642. The molecule has 1 aliphatic rings. The maximum Gasteiger partial charge on any atom is 0.272 e. The van der Waals surface area contributed by atoms with Gasteiger partial charge in [-0.2, -0.15) is 5.10 Å². The summed E-state index contributed by atoms with van der Waals surface area (Å²) < 4.78 is 2.76. The molecule has 1 fully saturated rings. The molecule has 31 heavy (non-hydrogen) atoms. The van der Waals surface area contributed by atoms with Gasteiger partial charge in [0.05, 0.1) is 4.88 Å². The average Bonchev–Trinajstić information content (AvgIpc) is 3.24. The molecule has 164 valence electrons. The topological polar surface area (TPSA) is 67.2 Å². The van der Waals surface area contributed by atoms with Crippen molar-refractivity contribution in [2.45, 2.75) is 58.0 Å². The second kappa shape index (κ2) is 9.22. The van der Waals surface area contributed by atoms with Crippen LogP contribution in [0.1, 0.15) is 65.3 Å². The minimum Gasteiger partial charge on any atom is -0.349 e. The maximum absolute atomic E-state index is 13.4. The van der Waals surface area contributed by atoms with Crippen LogP contribution >= 0.6 is 11.3 Å². The van der Waals surface area contributed by atoms with Gasteiger partial charge in [-0.15, -0.1) is 11.3 Å². The minimum absolute atomic E-state index is 0.0238. The summed E-state index contributed by atoms with van der Waals surface area (Å²) in [7, 11) is 1.81. The van der Waals surface area contributed by atoms with Crippen LogP contribution in [-0.4, -0.2) is 45.1 Å². The molecule has 3 heterocycles. The first-order valence-corrected chi connectivity index (χ1v) is 11.9. The van der Waals surface area contributed by atoms with Gasteiger partial charge in [0.1, 0.15) is 5.69 Å². The summed E-state index contributed by atoms with van der Waals surface area (Å²) in [5, 5.41) is 8.36. The van der Waals surface area contributed by atoms with Crippen molar-refractivity contribution in [3.8, 4) is 0 Å². The predicted octanol–water partition coefficient (Wildman–Crippen LogP) is 4.40. The Morgan fingerprint density at radius 2 is 2.00 bits per heavy atom. The predicted molar refractivity (Wildman–Crippen MR) is 125 cm³/mol. The summed E-state index contributed by atoms with van der Waals surface area (Å²) >= 11 is 1.55. The molecule has 1 unspecified atom stereocenters. The summed E-state index contributed by atoms with van der Waals surface area (Å²) in [6, 6.07) is 10.1. The largest absolute Gasteiger partial charge is 0.349 e. The highest BCUT2D eigenvalue weighted by molar-refractivity contribution is 7.21. The Morgan fingerprint density at radius 1 is 1.19 bits per heavy atom. The molecule has 2 amide bonds. The van der Waals surface area contributed by atoms with Crippen molar-refractivity contribution in [3.63, 3.8) is 0 Å². The fourth-order valence-corrected chi connectivity index (χ4v) is 5.57. The lowest BCUT2D eigenvalue weighted by atomic mass is 9.97. The number of fused-ring (bicyclic) bond motifs is 1. The number of rotatable bonds is 5. The molecule has 1 saturated heterocycles. The molecular formula is C24H30N4O2S.